The minimum Gasteiger partial charge on any atom is -0.480 e. The minimum atomic E-state index is -0.996. The maximum absolute atomic E-state index is 11.6. The summed E-state index contributed by atoms with van der Waals surface area (Å²) < 4.78 is 0. The predicted octanol–water partition coefficient (Wildman–Crippen LogP) is 2.20. The van der Waals surface area contributed by atoms with Crippen molar-refractivity contribution in [1.82, 2.24) is 0 Å². The number of benzene rings is 1. The van der Waals surface area contributed by atoms with Gasteiger partial charge in [0.05, 0.1) is 0 Å². The van der Waals surface area contributed by atoms with E-state index in [-0.39, 0.29) is 5.91 Å². The van der Waals surface area contributed by atoms with Crippen LogP contribution >= 0.6 is 23.4 Å². The molecule has 1 unspecified atom stereocenters. The van der Waals surface area contributed by atoms with E-state index in [4.69, 9.17) is 22.4 Å². The van der Waals surface area contributed by atoms with Crippen molar-refractivity contribution in [3.63, 3.8) is 0 Å². The summed E-state index contributed by atoms with van der Waals surface area (Å²) in [5.41, 5.74) is 6.04. The van der Waals surface area contributed by atoms with E-state index in [1.807, 2.05) is 0 Å². The van der Waals surface area contributed by atoms with Crippen molar-refractivity contribution in [3.8, 4) is 0 Å². The summed E-state index contributed by atoms with van der Waals surface area (Å²) in [6, 6.07) is 6.11. The van der Waals surface area contributed by atoms with Crippen molar-refractivity contribution in [2.24, 2.45) is 5.73 Å². The molecular formula is C13H17ClN2O3S. The molecule has 0 saturated carbocycles. The lowest BCUT2D eigenvalue weighted by atomic mass is 10.2. The lowest BCUT2D eigenvalue weighted by molar-refractivity contribution is -0.138. The van der Waals surface area contributed by atoms with Crippen LogP contribution < -0.4 is 11.1 Å². The van der Waals surface area contributed by atoms with Gasteiger partial charge >= 0.3 is 5.97 Å². The van der Waals surface area contributed by atoms with E-state index in [0.29, 0.717) is 35.1 Å². The van der Waals surface area contributed by atoms with Crippen LogP contribution in [0.4, 0.5) is 5.69 Å². The third-order valence-electron chi connectivity index (χ3n) is 2.47. The van der Waals surface area contributed by atoms with Crippen LogP contribution in [0.5, 0.6) is 0 Å². The standard InChI is InChI=1S/C13H17ClN2O3S/c14-9-2-1-3-10(8-9)16-12(17)5-7-20-6-4-11(15)13(18)19/h1-3,8,11H,4-7,15H2,(H,16,17)(H,18,19). The van der Waals surface area contributed by atoms with Crippen LogP contribution in [0.2, 0.25) is 5.02 Å². The van der Waals surface area contributed by atoms with Crippen LogP contribution in [-0.4, -0.2) is 34.5 Å². The van der Waals surface area contributed by atoms with Crippen LogP contribution in [0.25, 0.3) is 0 Å². The van der Waals surface area contributed by atoms with Crippen molar-refractivity contribution in [2.75, 3.05) is 16.8 Å². The molecule has 7 heteroatoms. The summed E-state index contributed by atoms with van der Waals surface area (Å²) >= 11 is 7.32. The number of carboxylic acid groups (broad SMARTS) is 1. The monoisotopic (exact) mass is 316 g/mol. The van der Waals surface area contributed by atoms with Crippen LogP contribution in [-0.2, 0) is 9.59 Å². The van der Waals surface area contributed by atoms with Crippen LogP contribution in [0.15, 0.2) is 24.3 Å². The molecule has 0 aliphatic carbocycles. The summed E-state index contributed by atoms with van der Waals surface area (Å²) in [6.45, 7) is 0. The number of hydrogen-bond donors (Lipinski definition) is 3. The van der Waals surface area contributed by atoms with Gasteiger partial charge in [-0.1, -0.05) is 17.7 Å². The molecule has 20 heavy (non-hydrogen) atoms. The van der Waals surface area contributed by atoms with E-state index in [9.17, 15) is 9.59 Å². The molecule has 110 valence electrons. The zero-order valence-corrected chi connectivity index (χ0v) is 12.4. The highest BCUT2D eigenvalue weighted by atomic mass is 35.5. The van der Waals surface area contributed by atoms with E-state index in [1.165, 1.54) is 11.8 Å². The average Bonchev–Trinajstić information content (AvgIpc) is 2.37. The first-order chi connectivity index (χ1) is 9.49. The van der Waals surface area contributed by atoms with Gasteiger partial charge < -0.3 is 16.2 Å². The Hall–Kier alpha value is -1.24. The number of anilines is 1. The quantitative estimate of drug-likeness (QED) is 0.639. The Morgan fingerprint density at radius 1 is 1.40 bits per heavy atom. The maximum atomic E-state index is 11.6. The fourth-order valence-corrected chi connectivity index (χ4v) is 2.54. The maximum Gasteiger partial charge on any atom is 0.320 e. The van der Waals surface area contributed by atoms with Gasteiger partial charge in [-0.2, -0.15) is 11.8 Å². The lowest BCUT2D eigenvalue weighted by Gasteiger charge is -2.07. The molecule has 0 spiro atoms. The molecule has 5 nitrogen and oxygen atoms in total. The summed E-state index contributed by atoms with van der Waals surface area (Å²) in [7, 11) is 0. The van der Waals surface area contributed by atoms with E-state index in [2.05, 4.69) is 5.32 Å². The number of nitrogens with two attached hydrogens (primary N) is 1. The SMILES string of the molecule is NC(CCSCCC(=O)Nc1cccc(Cl)c1)C(=O)O. The minimum absolute atomic E-state index is 0.0951. The first-order valence-corrected chi connectivity index (χ1v) is 7.64. The molecule has 1 aromatic rings. The van der Waals surface area contributed by atoms with Gasteiger partial charge in [0, 0.05) is 22.9 Å². The highest BCUT2D eigenvalue weighted by Gasteiger charge is 2.10. The summed E-state index contributed by atoms with van der Waals surface area (Å²) in [6.07, 6.45) is 0.759. The van der Waals surface area contributed by atoms with Crippen LogP contribution in [0.3, 0.4) is 0 Å². The van der Waals surface area contributed by atoms with E-state index >= 15 is 0 Å². The number of carbonyl (C=O) groups excluding carboxylic acids is 1. The molecule has 1 atom stereocenters. The van der Waals surface area contributed by atoms with E-state index in [1.54, 1.807) is 24.3 Å². The summed E-state index contributed by atoms with van der Waals surface area (Å²) in [5, 5.41) is 11.9. The fraction of sp³-hybridized carbons (Fsp3) is 0.385. The van der Waals surface area contributed by atoms with Crippen LogP contribution in [0.1, 0.15) is 12.8 Å². The van der Waals surface area contributed by atoms with Gasteiger partial charge in [0.25, 0.3) is 0 Å². The van der Waals surface area contributed by atoms with E-state index in [0.717, 1.165) is 0 Å². The second kappa shape index (κ2) is 8.84. The Labute approximate surface area is 126 Å². The number of nitrogens with one attached hydrogen (secondary N) is 1. The molecule has 0 fully saturated rings. The van der Waals surface area contributed by atoms with Gasteiger partial charge in [-0.05, 0) is 30.4 Å². The van der Waals surface area contributed by atoms with Crippen molar-refractivity contribution >= 4 is 40.9 Å². The molecule has 1 rings (SSSR count). The van der Waals surface area contributed by atoms with Gasteiger partial charge in [0.15, 0.2) is 0 Å². The molecule has 0 aliphatic rings. The largest absolute Gasteiger partial charge is 0.480 e. The zero-order chi connectivity index (χ0) is 15.0. The van der Waals surface area contributed by atoms with Crippen molar-refractivity contribution in [2.45, 2.75) is 18.9 Å². The Bertz CT molecular complexity index is 471. The van der Waals surface area contributed by atoms with Crippen LogP contribution in [0, 0.1) is 0 Å². The Morgan fingerprint density at radius 2 is 2.15 bits per heavy atom. The molecule has 0 aliphatic heterocycles. The number of hydrogen-bond acceptors (Lipinski definition) is 4. The van der Waals surface area contributed by atoms with Crippen molar-refractivity contribution in [3.05, 3.63) is 29.3 Å². The predicted molar refractivity (Wildman–Crippen MR) is 82.3 cm³/mol. The molecule has 4 N–H and O–H groups in total. The normalized spacial score (nSPS) is 11.9. The lowest BCUT2D eigenvalue weighted by Crippen LogP contribution is -2.30. The fourth-order valence-electron chi connectivity index (χ4n) is 1.39. The Balaban J connectivity index is 2.16. The summed E-state index contributed by atoms with van der Waals surface area (Å²) in [5.74, 6) is 0.156. The number of thioether (sulfide) groups is 1. The van der Waals surface area contributed by atoms with Gasteiger partial charge in [-0.15, -0.1) is 0 Å². The Kier molecular flexibility index (Phi) is 7.43. The number of amides is 1. The third kappa shape index (κ3) is 6.79. The molecule has 0 bridgehead atoms. The van der Waals surface area contributed by atoms with Crippen molar-refractivity contribution < 1.29 is 14.7 Å². The highest BCUT2D eigenvalue weighted by Crippen LogP contribution is 2.15. The number of carboxylic acids is 1. The van der Waals surface area contributed by atoms with Gasteiger partial charge in [0.2, 0.25) is 5.91 Å². The van der Waals surface area contributed by atoms with Gasteiger partial charge in [-0.25, -0.2) is 0 Å². The molecule has 0 heterocycles. The molecule has 1 amide bonds. The van der Waals surface area contributed by atoms with Crippen molar-refractivity contribution in [1.29, 1.82) is 0 Å². The zero-order valence-electron chi connectivity index (χ0n) is 10.8. The topological polar surface area (TPSA) is 92.4 Å². The molecule has 1 aromatic carbocycles. The molecule has 0 aromatic heterocycles. The molecule has 0 radical (unpaired) electrons. The second-order valence-corrected chi connectivity index (χ2v) is 5.82. The first-order valence-electron chi connectivity index (χ1n) is 6.10. The first kappa shape index (κ1) is 16.8. The van der Waals surface area contributed by atoms with Gasteiger partial charge in [-0.3, -0.25) is 9.59 Å². The third-order valence-corrected chi connectivity index (χ3v) is 3.72. The smallest absolute Gasteiger partial charge is 0.320 e. The number of halogens is 1. The summed E-state index contributed by atoms with van der Waals surface area (Å²) in [4.78, 5) is 22.1. The number of carbonyl (C=O) groups is 2. The highest BCUT2D eigenvalue weighted by molar-refractivity contribution is 7.99. The number of aliphatic carboxylic acids is 1. The number of rotatable bonds is 8. The van der Waals surface area contributed by atoms with Gasteiger partial charge in [0.1, 0.15) is 6.04 Å². The van der Waals surface area contributed by atoms with E-state index < -0.39 is 12.0 Å². The Morgan fingerprint density at radius 3 is 2.80 bits per heavy atom. The molecule has 0 saturated heterocycles. The average molecular weight is 317 g/mol. The molecular weight excluding hydrogens is 300 g/mol. The second-order valence-electron chi connectivity index (χ2n) is 4.15.